The second-order valence-corrected chi connectivity index (χ2v) is 3.90. The molecule has 0 saturated carbocycles. The van der Waals surface area contributed by atoms with Crippen LogP contribution in [0.1, 0.15) is 26.7 Å². The van der Waals surface area contributed by atoms with E-state index in [4.69, 9.17) is 12.2 Å². The quantitative estimate of drug-likeness (QED) is 0.678. The molecule has 1 aliphatic rings. The third-order valence-electron chi connectivity index (χ3n) is 2.99. The predicted octanol–water partition coefficient (Wildman–Crippen LogP) is 1.14. The van der Waals surface area contributed by atoms with Crippen LogP contribution in [0.25, 0.3) is 0 Å². The highest BCUT2D eigenvalue weighted by molar-refractivity contribution is 7.80. The normalized spacial score (nSPS) is 21.6. The third kappa shape index (κ3) is 1.55. The summed E-state index contributed by atoms with van der Waals surface area (Å²) in [4.78, 5) is 13.5. The van der Waals surface area contributed by atoms with E-state index in [1.54, 1.807) is 11.9 Å². The fourth-order valence-corrected chi connectivity index (χ4v) is 1.84. The van der Waals surface area contributed by atoms with Crippen molar-refractivity contribution in [3.05, 3.63) is 0 Å². The largest absolute Gasteiger partial charge is 0.361 e. The summed E-state index contributed by atoms with van der Waals surface area (Å²) in [5.41, 5.74) is -0.239. The summed E-state index contributed by atoms with van der Waals surface area (Å²) in [6.45, 7) is 4.78. The fraction of sp³-hybridized carbons (Fsp3) is 0.778. The minimum Gasteiger partial charge on any atom is -0.361 e. The van der Waals surface area contributed by atoms with Gasteiger partial charge in [-0.1, -0.05) is 13.8 Å². The number of amides is 1. The van der Waals surface area contributed by atoms with Gasteiger partial charge in [-0.05, 0) is 25.1 Å². The Labute approximate surface area is 84.5 Å². The second kappa shape index (κ2) is 3.62. The number of thiocarbonyl (C=S) groups is 1. The van der Waals surface area contributed by atoms with Gasteiger partial charge < -0.3 is 5.32 Å². The molecule has 1 saturated heterocycles. The van der Waals surface area contributed by atoms with Crippen LogP contribution in [-0.2, 0) is 4.79 Å². The Morgan fingerprint density at radius 2 is 2.08 bits per heavy atom. The van der Waals surface area contributed by atoms with Crippen LogP contribution >= 0.6 is 12.2 Å². The maximum absolute atomic E-state index is 11.9. The van der Waals surface area contributed by atoms with Gasteiger partial charge in [0.15, 0.2) is 5.11 Å². The molecule has 1 N–H and O–H groups in total. The van der Waals surface area contributed by atoms with Crippen LogP contribution in [0.5, 0.6) is 0 Å². The zero-order valence-corrected chi connectivity index (χ0v) is 9.20. The third-order valence-corrected chi connectivity index (χ3v) is 3.41. The zero-order valence-electron chi connectivity index (χ0n) is 8.39. The number of nitrogens with one attached hydrogen (secondary N) is 1. The number of rotatable bonds is 2. The van der Waals surface area contributed by atoms with E-state index in [0.29, 0.717) is 11.7 Å². The summed E-state index contributed by atoms with van der Waals surface area (Å²) in [5.74, 6) is 0.154. The molecule has 0 aromatic carbocycles. The molecule has 74 valence electrons. The van der Waals surface area contributed by atoms with Gasteiger partial charge in [0.1, 0.15) is 0 Å². The van der Waals surface area contributed by atoms with E-state index in [2.05, 4.69) is 5.32 Å². The molecule has 13 heavy (non-hydrogen) atoms. The standard InChI is InChI=1S/C9H16N2OS/c1-4-9(5-2)6-10-8(13)11(3)7(9)12/h4-6H2,1-3H3,(H,10,13). The van der Waals surface area contributed by atoms with Gasteiger partial charge in [0.05, 0.1) is 5.41 Å². The van der Waals surface area contributed by atoms with Gasteiger partial charge in [0.25, 0.3) is 0 Å². The van der Waals surface area contributed by atoms with Crippen molar-refractivity contribution >= 4 is 23.2 Å². The van der Waals surface area contributed by atoms with Crippen LogP contribution in [0, 0.1) is 5.41 Å². The molecular formula is C9H16N2OS. The Hall–Kier alpha value is -0.640. The van der Waals surface area contributed by atoms with Crippen molar-refractivity contribution in [1.29, 1.82) is 0 Å². The van der Waals surface area contributed by atoms with E-state index < -0.39 is 0 Å². The van der Waals surface area contributed by atoms with E-state index in [1.807, 2.05) is 13.8 Å². The van der Waals surface area contributed by atoms with Crippen LogP contribution in [0.4, 0.5) is 0 Å². The zero-order chi connectivity index (χ0) is 10.1. The van der Waals surface area contributed by atoms with Crippen molar-refractivity contribution in [2.75, 3.05) is 13.6 Å². The molecule has 0 unspecified atom stereocenters. The maximum Gasteiger partial charge on any atom is 0.236 e. The highest BCUT2D eigenvalue weighted by Gasteiger charge is 2.41. The molecule has 1 amide bonds. The first-order chi connectivity index (χ1) is 6.07. The van der Waals surface area contributed by atoms with Crippen LogP contribution in [0.2, 0.25) is 0 Å². The molecule has 0 radical (unpaired) electrons. The smallest absolute Gasteiger partial charge is 0.236 e. The van der Waals surface area contributed by atoms with E-state index in [0.717, 1.165) is 12.8 Å². The van der Waals surface area contributed by atoms with Gasteiger partial charge in [0.2, 0.25) is 5.91 Å². The van der Waals surface area contributed by atoms with Crippen molar-refractivity contribution in [2.24, 2.45) is 5.41 Å². The highest BCUT2D eigenvalue weighted by Crippen LogP contribution is 2.30. The van der Waals surface area contributed by atoms with E-state index in [9.17, 15) is 4.79 Å². The highest BCUT2D eigenvalue weighted by atomic mass is 32.1. The van der Waals surface area contributed by atoms with Crippen LogP contribution in [-0.4, -0.2) is 29.5 Å². The van der Waals surface area contributed by atoms with Crippen LogP contribution < -0.4 is 5.32 Å². The van der Waals surface area contributed by atoms with Gasteiger partial charge in [0, 0.05) is 13.6 Å². The van der Waals surface area contributed by atoms with E-state index in [-0.39, 0.29) is 11.3 Å². The minimum absolute atomic E-state index is 0.154. The minimum atomic E-state index is -0.239. The lowest BCUT2D eigenvalue weighted by atomic mass is 9.80. The van der Waals surface area contributed by atoms with Crippen molar-refractivity contribution in [1.82, 2.24) is 10.2 Å². The SMILES string of the molecule is CCC1(CC)CNC(=S)N(C)C1=O. The summed E-state index contributed by atoms with van der Waals surface area (Å²) in [7, 11) is 1.73. The molecule has 0 spiro atoms. The van der Waals surface area contributed by atoms with Gasteiger partial charge >= 0.3 is 0 Å². The second-order valence-electron chi connectivity index (χ2n) is 3.51. The van der Waals surface area contributed by atoms with E-state index >= 15 is 0 Å². The van der Waals surface area contributed by atoms with Gasteiger partial charge in [-0.25, -0.2) is 0 Å². The van der Waals surface area contributed by atoms with Crippen LogP contribution in [0.15, 0.2) is 0 Å². The molecule has 1 aliphatic heterocycles. The summed E-state index contributed by atoms with van der Waals surface area (Å²) in [6, 6.07) is 0. The van der Waals surface area contributed by atoms with Crippen LogP contribution in [0.3, 0.4) is 0 Å². The lowest BCUT2D eigenvalue weighted by Gasteiger charge is -2.39. The number of hydrogen-bond acceptors (Lipinski definition) is 2. The van der Waals surface area contributed by atoms with Crippen molar-refractivity contribution in [3.8, 4) is 0 Å². The Balaban J connectivity index is 2.90. The van der Waals surface area contributed by atoms with Gasteiger partial charge in [-0.3, -0.25) is 9.69 Å². The molecule has 0 aromatic heterocycles. The monoisotopic (exact) mass is 200 g/mol. The van der Waals surface area contributed by atoms with Crippen molar-refractivity contribution in [2.45, 2.75) is 26.7 Å². The maximum atomic E-state index is 11.9. The Kier molecular flexibility index (Phi) is 2.91. The average molecular weight is 200 g/mol. The molecule has 3 nitrogen and oxygen atoms in total. The summed E-state index contributed by atoms with van der Waals surface area (Å²) in [6.07, 6.45) is 1.73. The van der Waals surface area contributed by atoms with Gasteiger partial charge in [-0.15, -0.1) is 0 Å². The molecule has 1 fully saturated rings. The topological polar surface area (TPSA) is 32.3 Å². The predicted molar refractivity (Wildman–Crippen MR) is 56.4 cm³/mol. The summed E-state index contributed by atoms with van der Waals surface area (Å²) >= 11 is 5.00. The Bertz CT molecular complexity index is 236. The first kappa shape index (κ1) is 10.4. The molecule has 0 aromatic rings. The average Bonchev–Trinajstić information content (AvgIpc) is 2.16. The molecule has 1 heterocycles. The summed E-state index contributed by atoms with van der Waals surface area (Å²) < 4.78 is 0. The number of nitrogens with zero attached hydrogens (tertiary/aromatic N) is 1. The first-order valence-corrected chi connectivity index (χ1v) is 5.04. The number of hydrogen-bond donors (Lipinski definition) is 1. The van der Waals surface area contributed by atoms with Crippen molar-refractivity contribution in [3.63, 3.8) is 0 Å². The lowest BCUT2D eigenvalue weighted by molar-refractivity contribution is -0.138. The number of carbonyl (C=O) groups excluding carboxylic acids is 1. The molecule has 0 atom stereocenters. The van der Waals surface area contributed by atoms with E-state index in [1.165, 1.54) is 0 Å². The Morgan fingerprint density at radius 1 is 1.54 bits per heavy atom. The molecule has 0 bridgehead atoms. The van der Waals surface area contributed by atoms with Crippen molar-refractivity contribution < 1.29 is 4.79 Å². The molecule has 1 rings (SSSR count). The first-order valence-electron chi connectivity index (χ1n) is 4.63. The lowest BCUT2D eigenvalue weighted by Crippen LogP contribution is -2.58. The number of carbonyl (C=O) groups is 1. The Morgan fingerprint density at radius 3 is 2.54 bits per heavy atom. The summed E-state index contributed by atoms with van der Waals surface area (Å²) in [5, 5.41) is 3.64. The molecule has 0 aliphatic carbocycles. The van der Waals surface area contributed by atoms with Gasteiger partial charge in [-0.2, -0.15) is 0 Å². The fourth-order valence-electron chi connectivity index (χ4n) is 1.69. The molecular weight excluding hydrogens is 184 g/mol. The molecule has 4 heteroatoms.